The highest BCUT2D eigenvalue weighted by molar-refractivity contribution is 4.95. The van der Waals surface area contributed by atoms with Crippen LogP contribution in [0.2, 0.25) is 0 Å². The van der Waals surface area contributed by atoms with Crippen LogP contribution in [0.15, 0.2) is 0 Å². The second-order valence-electron chi connectivity index (χ2n) is 5.15. The molecule has 0 aliphatic heterocycles. The summed E-state index contributed by atoms with van der Waals surface area (Å²) in [7, 11) is 0. The first kappa shape index (κ1) is 13.8. The third-order valence-electron chi connectivity index (χ3n) is 3.82. The van der Waals surface area contributed by atoms with Crippen LogP contribution in [0.3, 0.4) is 0 Å². The Morgan fingerprint density at radius 1 is 1.31 bits per heavy atom. The molecule has 0 aromatic carbocycles. The summed E-state index contributed by atoms with van der Waals surface area (Å²) in [6, 6.07) is 0. The number of hydrogen-bond donors (Lipinski definition) is 2. The Morgan fingerprint density at radius 3 is 2.38 bits per heavy atom. The van der Waals surface area contributed by atoms with Crippen molar-refractivity contribution >= 4 is 0 Å². The van der Waals surface area contributed by atoms with Gasteiger partial charge in [0, 0.05) is 12.1 Å². The molecule has 1 rings (SSSR count). The van der Waals surface area contributed by atoms with Crippen LogP contribution in [-0.2, 0) is 0 Å². The van der Waals surface area contributed by atoms with E-state index in [9.17, 15) is 13.2 Å². The minimum atomic E-state index is -4.16. The van der Waals surface area contributed by atoms with Gasteiger partial charge >= 0.3 is 6.18 Å². The van der Waals surface area contributed by atoms with Crippen LogP contribution < -0.4 is 11.1 Å². The Hall–Kier alpha value is -0.290. The second-order valence-corrected chi connectivity index (χ2v) is 5.15. The molecule has 96 valence electrons. The average molecular weight is 238 g/mol. The van der Waals surface area contributed by atoms with Gasteiger partial charge in [0.05, 0.1) is 6.54 Å². The predicted octanol–water partition coefficient (Wildman–Crippen LogP) is 2.29. The molecule has 1 saturated carbocycles. The van der Waals surface area contributed by atoms with Crippen molar-refractivity contribution in [3.63, 3.8) is 0 Å². The molecular formula is C11H21F3N2. The van der Waals surface area contributed by atoms with Crippen molar-refractivity contribution in [1.29, 1.82) is 0 Å². The first-order valence-corrected chi connectivity index (χ1v) is 5.80. The van der Waals surface area contributed by atoms with Gasteiger partial charge in [0.2, 0.25) is 0 Å². The molecule has 1 fully saturated rings. The summed E-state index contributed by atoms with van der Waals surface area (Å²) in [5.74, 6) is 1.00. The molecule has 3 N–H and O–H groups in total. The number of nitrogens with one attached hydrogen (secondary N) is 1. The third kappa shape index (κ3) is 3.63. The molecule has 0 aromatic heterocycles. The Labute approximate surface area is 94.8 Å². The maximum Gasteiger partial charge on any atom is 0.401 e. The second kappa shape index (κ2) is 4.92. The Kier molecular flexibility index (Phi) is 4.23. The van der Waals surface area contributed by atoms with Crippen LogP contribution >= 0.6 is 0 Å². The normalized spacial score (nSPS) is 36.4. The number of nitrogens with two attached hydrogens (primary N) is 1. The molecule has 0 aromatic rings. The van der Waals surface area contributed by atoms with Gasteiger partial charge in [-0.25, -0.2) is 0 Å². The SMILES string of the molecule is CC1CCC(CN)(NCC(F)(F)F)CC1C. The number of hydrogen-bond acceptors (Lipinski definition) is 2. The Morgan fingerprint density at radius 2 is 1.94 bits per heavy atom. The molecule has 1 aliphatic rings. The zero-order chi connectivity index (χ0) is 12.4. The Bertz CT molecular complexity index is 230. The zero-order valence-corrected chi connectivity index (χ0v) is 9.90. The molecule has 3 atom stereocenters. The van der Waals surface area contributed by atoms with Crippen LogP contribution in [0.4, 0.5) is 13.2 Å². The van der Waals surface area contributed by atoms with E-state index < -0.39 is 18.3 Å². The van der Waals surface area contributed by atoms with Crippen molar-refractivity contribution in [1.82, 2.24) is 5.32 Å². The summed E-state index contributed by atoms with van der Waals surface area (Å²) < 4.78 is 36.6. The van der Waals surface area contributed by atoms with Crippen molar-refractivity contribution in [3.05, 3.63) is 0 Å². The van der Waals surface area contributed by atoms with E-state index in [0.717, 1.165) is 19.3 Å². The van der Waals surface area contributed by atoms with Crippen LogP contribution in [0, 0.1) is 11.8 Å². The summed E-state index contributed by atoms with van der Waals surface area (Å²) in [5, 5.41) is 2.63. The van der Waals surface area contributed by atoms with Crippen LogP contribution in [0.25, 0.3) is 0 Å². The minimum absolute atomic E-state index is 0.278. The number of rotatable bonds is 3. The maximum atomic E-state index is 12.2. The van der Waals surface area contributed by atoms with Gasteiger partial charge in [-0.2, -0.15) is 13.2 Å². The lowest BCUT2D eigenvalue weighted by Gasteiger charge is -2.43. The third-order valence-corrected chi connectivity index (χ3v) is 3.82. The van der Waals surface area contributed by atoms with Crippen molar-refractivity contribution in [3.8, 4) is 0 Å². The standard InChI is InChI=1S/C11H21F3N2/c1-8-3-4-10(6-15,5-9(8)2)16-7-11(12,13)14/h8-9,16H,3-7,15H2,1-2H3. The molecule has 16 heavy (non-hydrogen) atoms. The minimum Gasteiger partial charge on any atom is -0.329 e. The van der Waals surface area contributed by atoms with Crippen molar-refractivity contribution < 1.29 is 13.2 Å². The summed E-state index contributed by atoms with van der Waals surface area (Å²) in [5.41, 5.74) is 5.13. The molecule has 0 heterocycles. The molecule has 5 heteroatoms. The van der Waals surface area contributed by atoms with Gasteiger partial charge in [-0.15, -0.1) is 0 Å². The molecule has 1 aliphatic carbocycles. The van der Waals surface area contributed by atoms with Crippen LogP contribution in [0.1, 0.15) is 33.1 Å². The van der Waals surface area contributed by atoms with Gasteiger partial charge in [0.1, 0.15) is 0 Å². The van der Waals surface area contributed by atoms with Crippen molar-refractivity contribution in [2.75, 3.05) is 13.1 Å². The molecule has 0 radical (unpaired) electrons. The fourth-order valence-corrected chi connectivity index (χ4v) is 2.41. The predicted molar refractivity (Wildman–Crippen MR) is 58.0 cm³/mol. The van der Waals surface area contributed by atoms with Crippen molar-refractivity contribution in [2.24, 2.45) is 17.6 Å². The average Bonchev–Trinajstić information content (AvgIpc) is 2.19. The molecule has 0 spiro atoms. The van der Waals surface area contributed by atoms with E-state index in [1.54, 1.807) is 0 Å². The fraction of sp³-hybridized carbons (Fsp3) is 1.00. The molecule has 0 saturated heterocycles. The lowest BCUT2D eigenvalue weighted by atomic mass is 9.71. The number of alkyl halides is 3. The fourth-order valence-electron chi connectivity index (χ4n) is 2.41. The molecule has 0 bridgehead atoms. The van der Waals surface area contributed by atoms with E-state index in [-0.39, 0.29) is 6.54 Å². The number of halogens is 3. The highest BCUT2D eigenvalue weighted by Gasteiger charge is 2.39. The quantitative estimate of drug-likeness (QED) is 0.791. The highest BCUT2D eigenvalue weighted by atomic mass is 19.4. The largest absolute Gasteiger partial charge is 0.401 e. The first-order chi connectivity index (χ1) is 7.28. The van der Waals surface area contributed by atoms with Gasteiger partial charge in [-0.05, 0) is 31.1 Å². The molecule has 3 unspecified atom stereocenters. The first-order valence-electron chi connectivity index (χ1n) is 5.80. The lowest BCUT2D eigenvalue weighted by Crippen LogP contribution is -2.57. The van der Waals surface area contributed by atoms with Gasteiger partial charge in [0.25, 0.3) is 0 Å². The van der Waals surface area contributed by atoms with E-state index in [4.69, 9.17) is 5.73 Å². The van der Waals surface area contributed by atoms with E-state index in [1.165, 1.54) is 0 Å². The monoisotopic (exact) mass is 238 g/mol. The van der Waals surface area contributed by atoms with Crippen LogP contribution in [0.5, 0.6) is 0 Å². The summed E-state index contributed by atoms with van der Waals surface area (Å²) in [6.07, 6.45) is -1.73. The van der Waals surface area contributed by atoms with Gasteiger partial charge in [-0.3, -0.25) is 0 Å². The van der Waals surface area contributed by atoms with Gasteiger partial charge < -0.3 is 11.1 Å². The zero-order valence-electron chi connectivity index (χ0n) is 9.90. The highest BCUT2D eigenvalue weighted by Crippen LogP contribution is 2.36. The molecule has 2 nitrogen and oxygen atoms in total. The summed E-state index contributed by atoms with van der Waals surface area (Å²) in [4.78, 5) is 0. The molecule has 0 amide bonds. The summed E-state index contributed by atoms with van der Waals surface area (Å²) in [6.45, 7) is 3.57. The van der Waals surface area contributed by atoms with Gasteiger partial charge in [0.15, 0.2) is 0 Å². The van der Waals surface area contributed by atoms with Crippen LogP contribution in [-0.4, -0.2) is 24.8 Å². The van der Waals surface area contributed by atoms with E-state index in [1.807, 2.05) is 0 Å². The van der Waals surface area contributed by atoms with E-state index in [2.05, 4.69) is 19.2 Å². The van der Waals surface area contributed by atoms with E-state index in [0.29, 0.717) is 11.8 Å². The molecular weight excluding hydrogens is 217 g/mol. The maximum absolute atomic E-state index is 12.2. The summed E-state index contributed by atoms with van der Waals surface area (Å²) >= 11 is 0. The Balaban J connectivity index is 2.57. The van der Waals surface area contributed by atoms with Crippen molar-refractivity contribution in [2.45, 2.75) is 44.8 Å². The van der Waals surface area contributed by atoms with E-state index >= 15 is 0 Å². The smallest absolute Gasteiger partial charge is 0.329 e. The topological polar surface area (TPSA) is 38.0 Å². The van der Waals surface area contributed by atoms with Gasteiger partial charge in [-0.1, -0.05) is 13.8 Å². The lowest BCUT2D eigenvalue weighted by molar-refractivity contribution is -0.130.